The van der Waals surface area contributed by atoms with Crippen molar-refractivity contribution in [3.63, 3.8) is 0 Å². The Labute approximate surface area is 146 Å². The van der Waals surface area contributed by atoms with E-state index in [1.54, 1.807) is 0 Å². The maximum Gasteiger partial charge on any atom is 0.144 e. The van der Waals surface area contributed by atoms with E-state index < -0.39 is 0 Å². The number of halogens is 1. The number of nitrogens with one attached hydrogen (secondary N) is 1. The molecular weight excluding hydrogens is 393 g/mol. The zero-order chi connectivity index (χ0) is 15.2. The summed E-state index contributed by atoms with van der Waals surface area (Å²) in [6.45, 7) is 7.68. The molecule has 0 bridgehead atoms. The lowest BCUT2D eigenvalue weighted by molar-refractivity contribution is 0.617. The van der Waals surface area contributed by atoms with Gasteiger partial charge in [0.15, 0.2) is 0 Å². The van der Waals surface area contributed by atoms with Crippen LogP contribution in [-0.4, -0.2) is 22.3 Å². The molecule has 0 aromatic carbocycles. The molecule has 0 amide bonds. The second-order valence-corrected chi connectivity index (χ2v) is 8.46. The fourth-order valence-corrected chi connectivity index (χ4v) is 4.38. The minimum Gasteiger partial charge on any atom is -0.369 e. The fourth-order valence-electron chi connectivity index (χ4n) is 2.48. The lowest BCUT2D eigenvalue weighted by atomic mass is 10.1. The SMILES string of the molecule is CCCNc1nc(C2CCCCS2)nc(CC(C)C)c1I. The van der Waals surface area contributed by atoms with E-state index in [9.17, 15) is 0 Å². The van der Waals surface area contributed by atoms with Crippen molar-refractivity contribution in [2.45, 2.75) is 58.1 Å². The first kappa shape index (κ1) is 17.3. The first-order valence-electron chi connectivity index (χ1n) is 8.03. The van der Waals surface area contributed by atoms with Gasteiger partial charge in [-0.1, -0.05) is 27.2 Å². The van der Waals surface area contributed by atoms with Crippen molar-refractivity contribution in [1.82, 2.24) is 9.97 Å². The zero-order valence-electron chi connectivity index (χ0n) is 13.3. The van der Waals surface area contributed by atoms with Crippen molar-refractivity contribution in [2.24, 2.45) is 5.92 Å². The molecule has 1 aromatic rings. The Morgan fingerprint density at radius 3 is 2.76 bits per heavy atom. The monoisotopic (exact) mass is 419 g/mol. The van der Waals surface area contributed by atoms with Crippen LogP contribution < -0.4 is 5.32 Å². The number of rotatable bonds is 6. The predicted octanol–water partition coefficient (Wildman–Crippen LogP) is 5.06. The largest absolute Gasteiger partial charge is 0.369 e. The molecule has 5 heteroatoms. The van der Waals surface area contributed by atoms with Crippen LogP contribution in [0.1, 0.15) is 63.2 Å². The standard InChI is InChI=1S/C16H26IN3S/c1-4-8-18-16-14(17)12(10-11(2)3)19-15(20-16)13-7-5-6-9-21-13/h11,13H,4-10H2,1-3H3,(H,18,19,20). The highest BCUT2D eigenvalue weighted by Crippen LogP contribution is 2.37. The van der Waals surface area contributed by atoms with Gasteiger partial charge in [0.05, 0.1) is 14.5 Å². The maximum absolute atomic E-state index is 4.93. The van der Waals surface area contributed by atoms with E-state index in [-0.39, 0.29) is 0 Å². The van der Waals surface area contributed by atoms with Crippen molar-refractivity contribution >= 4 is 40.2 Å². The predicted molar refractivity (Wildman–Crippen MR) is 101 cm³/mol. The summed E-state index contributed by atoms with van der Waals surface area (Å²) in [5, 5.41) is 3.98. The van der Waals surface area contributed by atoms with Gasteiger partial charge in [0, 0.05) is 6.54 Å². The summed E-state index contributed by atoms with van der Waals surface area (Å²) in [5.41, 5.74) is 1.22. The highest BCUT2D eigenvalue weighted by Gasteiger charge is 2.22. The minimum absolute atomic E-state index is 0.490. The third-order valence-corrected chi connectivity index (χ3v) is 6.06. The lowest BCUT2D eigenvalue weighted by Gasteiger charge is -2.22. The van der Waals surface area contributed by atoms with Gasteiger partial charge in [0.25, 0.3) is 0 Å². The molecule has 1 aromatic heterocycles. The van der Waals surface area contributed by atoms with Crippen LogP contribution in [0.3, 0.4) is 0 Å². The normalized spacial score (nSPS) is 19.0. The Morgan fingerprint density at radius 1 is 1.33 bits per heavy atom. The van der Waals surface area contributed by atoms with Crippen molar-refractivity contribution in [3.05, 3.63) is 15.1 Å². The molecule has 3 nitrogen and oxygen atoms in total. The molecule has 21 heavy (non-hydrogen) atoms. The van der Waals surface area contributed by atoms with E-state index in [2.05, 4.69) is 48.7 Å². The summed E-state index contributed by atoms with van der Waals surface area (Å²) in [6.07, 6.45) is 6.02. The molecule has 1 atom stereocenters. The van der Waals surface area contributed by atoms with E-state index in [4.69, 9.17) is 9.97 Å². The molecule has 1 N–H and O–H groups in total. The van der Waals surface area contributed by atoms with Crippen LogP contribution in [0.15, 0.2) is 0 Å². The Morgan fingerprint density at radius 2 is 2.14 bits per heavy atom. The van der Waals surface area contributed by atoms with Gasteiger partial charge in [-0.05, 0) is 59.9 Å². The van der Waals surface area contributed by atoms with Gasteiger partial charge >= 0.3 is 0 Å². The Balaban J connectivity index is 2.29. The Kier molecular flexibility index (Phi) is 7.05. The first-order chi connectivity index (χ1) is 10.1. The number of hydrogen-bond donors (Lipinski definition) is 1. The van der Waals surface area contributed by atoms with Crippen LogP contribution in [0, 0.1) is 9.49 Å². The van der Waals surface area contributed by atoms with Gasteiger partial charge in [-0.25, -0.2) is 9.97 Å². The van der Waals surface area contributed by atoms with Gasteiger partial charge in [0.1, 0.15) is 11.6 Å². The number of hydrogen-bond acceptors (Lipinski definition) is 4. The number of anilines is 1. The summed E-state index contributed by atoms with van der Waals surface area (Å²) in [5.74, 6) is 3.97. The average molecular weight is 419 g/mol. The number of aromatic nitrogens is 2. The summed E-state index contributed by atoms with van der Waals surface area (Å²) in [7, 11) is 0. The third-order valence-electron chi connectivity index (χ3n) is 3.55. The van der Waals surface area contributed by atoms with Crippen molar-refractivity contribution < 1.29 is 0 Å². The van der Waals surface area contributed by atoms with Crippen LogP contribution in [-0.2, 0) is 6.42 Å². The highest BCUT2D eigenvalue weighted by molar-refractivity contribution is 14.1. The van der Waals surface area contributed by atoms with E-state index >= 15 is 0 Å². The topological polar surface area (TPSA) is 37.8 Å². The zero-order valence-corrected chi connectivity index (χ0v) is 16.3. The second kappa shape index (κ2) is 8.56. The number of thioether (sulfide) groups is 1. The molecule has 1 aliphatic heterocycles. The summed E-state index contributed by atoms with van der Waals surface area (Å²) < 4.78 is 1.21. The smallest absolute Gasteiger partial charge is 0.144 e. The fraction of sp³-hybridized carbons (Fsp3) is 0.750. The molecule has 2 heterocycles. The van der Waals surface area contributed by atoms with Gasteiger partial charge in [0.2, 0.25) is 0 Å². The summed E-state index contributed by atoms with van der Waals surface area (Å²) in [4.78, 5) is 9.78. The molecule has 1 fully saturated rings. The van der Waals surface area contributed by atoms with Gasteiger partial charge < -0.3 is 5.32 Å². The third kappa shape index (κ3) is 4.98. The average Bonchev–Trinajstić information content (AvgIpc) is 2.48. The second-order valence-electron chi connectivity index (χ2n) is 6.07. The molecule has 0 radical (unpaired) electrons. The number of nitrogens with zero attached hydrogens (tertiary/aromatic N) is 2. The molecule has 1 unspecified atom stereocenters. The van der Waals surface area contributed by atoms with Crippen LogP contribution >= 0.6 is 34.4 Å². The molecule has 1 saturated heterocycles. The quantitative estimate of drug-likeness (QED) is 0.655. The molecule has 0 saturated carbocycles. The molecular formula is C16H26IN3S. The van der Waals surface area contributed by atoms with Crippen LogP contribution in [0.2, 0.25) is 0 Å². The lowest BCUT2D eigenvalue weighted by Crippen LogP contribution is -2.15. The van der Waals surface area contributed by atoms with E-state index in [0.717, 1.165) is 31.0 Å². The molecule has 0 spiro atoms. The van der Waals surface area contributed by atoms with Gasteiger partial charge in [-0.2, -0.15) is 11.8 Å². The van der Waals surface area contributed by atoms with E-state index in [1.807, 2.05) is 11.8 Å². The summed E-state index contributed by atoms with van der Waals surface area (Å²) in [6, 6.07) is 0. The first-order valence-corrected chi connectivity index (χ1v) is 10.2. The van der Waals surface area contributed by atoms with Crippen LogP contribution in [0.4, 0.5) is 5.82 Å². The van der Waals surface area contributed by atoms with Gasteiger partial charge in [-0.3, -0.25) is 0 Å². The van der Waals surface area contributed by atoms with Crippen molar-refractivity contribution in [3.8, 4) is 0 Å². The molecule has 1 aliphatic rings. The van der Waals surface area contributed by atoms with Crippen LogP contribution in [0.5, 0.6) is 0 Å². The Hall–Kier alpha value is -0.0400. The minimum atomic E-state index is 0.490. The molecule has 2 rings (SSSR count). The Bertz CT molecular complexity index is 459. The van der Waals surface area contributed by atoms with E-state index in [0.29, 0.717) is 11.2 Å². The van der Waals surface area contributed by atoms with E-state index in [1.165, 1.54) is 34.3 Å². The van der Waals surface area contributed by atoms with Crippen LogP contribution in [0.25, 0.3) is 0 Å². The highest BCUT2D eigenvalue weighted by atomic mass is 127. The summed E-state index contributed by atoms with van der Waals surface area (Å²) >= 11 is 4.43. The van der Waals surface area contributed by atoms with Crippen molar-refractivity contribution in [1.29, 1.82) is 0 Å². The van der Waals surface area contributed by atoms with Crippen molar-refractivity contribution in [2.75, 3.05) is 17.6 Å². The molecule has 118 valence electrons. The maximum atomic E-state index is 4.93. The van der Waals surface area contributed by atoms with Gasteiger partial charge in [-0.15, -0.1) is 0 Å². The molecule has 0 aliphatic carbocycles.